The molecule has 4 heteroatoms. The van der Waals surface area contributed by atoms with Gasteiger partial charge in [0, 0.05) is 12.2 Å². The van der Waals surface area contributed by atoms with Crippen LogP contribution in [0.1, 0.15) is 20.8 Å². The smallest absolute Gasteiger partial charge is 0.330 e. The third kappa shape index (κ3) is 16.1. The van der Waals surface area contributed by atoms with Gasteiger partial charge in [-0.3, -0.25) is 0 Å². The number of aliphatic carboxylic acids is 1. The number of carboxylic acid groups (broad SMARTS) is 1. The predicted molar refractivity (Wildman–Crippen MR) is 47.7 cm³/mol. The molecular formula is C8H17NO3. The van der Waals surface area contributed by atoms with E-state index >= 15 is 0 Å². The number of nitrogens with two attached hydrogens (primary N) is 1. The zero-order chi connectivity index (χ0) is 10.1. The van der Waals surface area contributed by atoms with Gasteiger partial charge in [-0.2, -0.15) is 0 Å². The van der Waals surface area contributed by atoms with Crippen molar-refractivity contribution in [1.82, 2.24) is 0 Å². The maximum Gasteiger partial charge on any atom is 0.330 e. The van der Waals surface area contributed by atoms with Crippen LogP contribution in [0.15, 0.2) is 12.2 Å². The van der Waals surface area contributed by atoms with Crippen LogP contribution in [0.2, 0.25) is 0 Å². The molecule has 0 aromatic carbocycles. The Balaban J connectivity index is 0. The van der Waals surface area contributed by atoms with Crippen LogP contribution in [0.25, 0.3) is 0 Å². The Labute approximate surface area is 73.0 Å². The van der Waals surface area contributed by atoms with E-state index in [4.69, 9.17) is 15.6 Å². The molecule has 0 rings (SSSR count). The van der Waals surface area contributed by atoms with Crippen LogP contribution in [0, 0.1) is 0 Å². The Hall–Kier alpha value is -0.870. The Bertz CT molecular complexity index is 131. The third-order valence-electron chi connectivity index (χ3n) is 0.795. The Morgan fingerprint density at radius 2 is 2.08 bits per heavy atom. The zero-order valence-corrected chi connectivity index (χ0v) is 7.83. The highest BCUT2D eigenvalue weighted by Gasteiger charge is 1.90. The van der Waals surface area contributed by atoms with Crippen LogP contribution in [0.4, 0.5) is 0 Å². The molecule has 4 nitrogen and oxygen atoms in total. The second-order valence-corrected chi connectivity index (χ2v) is 2.25. The molecule has 1 atom stereocenters. The van der Waals surface area contributed by atoms with Crippen LogP contribution in [0.3, 0.4) is 0 Å². The summed E-state index contributed by atoms with van der Waals surface area (Å²) >= 11 is 0. The SMILES string of the molecule is C=C(C)C(=O)O.CCOC(C)N. The van der Waals surface area contributed by atoms with Crippen LogP contribution in [-0.4, -0.2) is 23.9 Å². The van der Waals surface area contributed by atoms with E-state index in [0.717, 1.165) is 0 Å². The first-order chi connectivity index (χ1) is 5.41. The minimum absolute atomic E-state index is 0.102. The summed E-state index contributed by atoms with van der Waals surface area (Å²) in [5.41, 5.74) is 5.36. The lowest BCUT2D eigenvalue weighted by Gasteiger charge is -2.00. The second kappa shape index (κ2) is 8.23. The molecule has 0 spiro atoms. The molecule has 0 saturated carbocycles. The van der Waals surface area contributed by atoms with Gasteiger partial charge in [0.1, 0.15) is 6.23 Å². The fourth-order valence-electron chi connectivity index (χ4n) is 0.263. The van der Waals surface area contributed by atoms with E-state index in [1.54, 1.807) is 0 Å². The molecule has 0 bridgehead atoms. The summed E-state index contributed by atoms with van der Waals surface area (Å²) in [6.07, 6.45) is -0.102. The summed E-state index contributed by atoms with van der Waals surface area (Å²) in [7, 11) is 0. The number of carboxylic acids is 1. The first kappa shape index (κ1) is 13.7. The van der Waals surface area contributed by atoms with Crippen molar-refractivity contribution in [3.8, 4) is 0 Å². The molecule has 0 heterocycles. The minimum Gasteiger partial charge on any atom is -0.478 e. The molecule has 0 aromatic rings. The lowest BCUT2D eigenvalue weighted by Crippen LogP contribution is -2.18. The van der Waals surface area contributed by atoms with Gasteiger partial charge in [0.05, 0.1) is 0 Å². The maximum atomic E-state index is 9.60. The molecule has 0 saturated heterocycles. The maximum absolute atomic E-state index is 9.60. The van der Waals surface area contributed by atoms with E-state index in [-0.39, 0.29) is 11.8 Å². The largest absolute Gasteiger partial charge is 0.478 e. The highest BCUT2D eigenvalue weighted by atomic mass is 16.5. The van der Waals surface area contributed by atoms with Gasteiger partial charge in [-0.05, 0) is 20.8 Å². The summed E-state index contributed by atoms with van der Waals surface area (Å²) in [6.45, 7) is 9.04. The van der Waals surface area contributed by atoms with Gasteiger partial charge in [-0.1, -0.05) is 6.58 Å². The zero-order valence-electron chi connectivity index (χ0n) is 7.83. The lowest BCUT2D eigenvalue weighted by molar-refractivity contribution is -0.132. The Kier molecular flexibility index (Phi) is 9.40. The molecular weight excluding hydrogens is 158 g/mol. The fourth-order valence-corrected chi connectivity index (χ4v) is 0.263. The van der Waals surface area contributed by atoms with Crippen LogP contribution in [0.5, 0.6) is 0 Å². The third-order valence-corrected chi connectivity index (χ3v) is 0.795. The number of rotatable bonds is 3. The fraction of sp³-hybridized carbons (Fsp3) is 0.625. The quantitative estimate of drug-likeness (QED) is 0.495. The first-order valence-corrected chi connectivity index (χ1v) is 3.67. The van der Waals surface area contributed by atoms with Crippen molar-refractivity contribution in [2.45, 2.75) is 27.0 Å². The van der Waals surface area contributed by atoms with Crippen LogP contribution < -0.4 is 5.73 Å². The van der Waals surface area contributed by atoms with E-state index in [0.29, 0.717) is 6.61 Å². The molecule has 0 aliphatic heterocycles. The second-order valence-electron chi connectivity index (χ2n) is 2.25. The molecule has 0 radical (unpaired) electrons. The van der Waals surface area contributed by atoms with Gasteiger partial charge in [0.25, 0.3) is 0 Å². The monoisotopic (exact) mass is 175 g/mol. The summed E-state index contributed by atoms with van der Waals surface area (Å²) in [5.74, 6) is -0.935. The van der Waals surface area contributed by atoms with Crippen molar-refractivity contribution in [2.75, 3.05) is 6.61 Å². The molecule has 0 fully saturated rings. The first-order valence-electron chi connectivity index (χ1n) is 3.67. The van der Waals surface area contributed by atoms with Gasteiger partial charge < -0.3 is 15.6 Å². The van der Waals surface area contributed by atoms with Crippen molar-refractivity contribution in [3.63, 3.8) is 0 Å². The van der Waals surface area contributed by atoms with Crippen molar-refractivity contribution in [1.29, 1.82) is 0 Å². The number of hydrogen-bond donors (Lipinski definition) is 2. The van der Waals surface area contributed by atoms with Gasteiger partial charge in [-0.15, -0.1) is 0 Å². The summed E-state index contributed by atoms with van der Waals surface area (Å²) in [5, 5.41) is 7.89. The number of hydrogen-bond acceptors (Lipinski definition) is 3. The van der Waals surface area contributed by atoms with Crippen LogP contribution >= 0.6 is 0 Å². The van der Waals surface area contributed by atoms with Crippen molar-refractivity contribution in [2.24, 2.45) is 5.73 Å². The van der Waals surface area contributed by atoms with E-state index in [1.807, 2.05) is 13.8 Å². The summed E-state index contributed by atoms with van der Waals surface area (Å²) in [6, 6.07) is 0. The lowest BCUT2D eigenvalue weighted by atomic mass is 10.4. The van der Waals surface area contributed by atoms with Gasteiger partial charge in [0.2, 0.25) is 0 Å². The Morgan fingerprint density at radius 3 is 2.08 bits per heavy atom. The standard InChI is InChI=1S/C4H11NO.C4H6O2/c1-3-6-4(2)5;1-3(2)4(5)6/h4H,3,5H2,1-2H3;1H2,2H3,(H,5,6). The molecule has 1 unspecified atom stereocenters. The molecule has 3 N–H and O–H groups in total. The Morgan fingerprint density at radius 1 is 1.75 bits per heavy atom. The van der Waals surface area contributed by atoms with Gasteiger partial charge >= 0.3 is 5.97 Å². The predicted octanol–water partition coefficient (Wildman–Crippen LogP) is 0.975. The van der Waals surface area contributed by atoms with E-state index in [9.17, 15) is 4.79 Å². The normalized spacial score (nSPS) is 11.0. The number of ether oxygens (including phenoxy) is 1. The van der Waals surface area contributed by atoms with E-state index in [2.05, 4.69) is 6.58 Å². The average Bonchev–Trinajstić information content (AvgIpc) is 1.87. The molecule has 12 heavy (non-hydrogen) atoms. The molecule has 0 aliphatic rings. The molecule has 0 aliphatic carbocycles. The molecule has 0 aromatic heterocycles. The van der Waals surface area contributed by atoms with Crippen molar-refractivity contribution < 1.29 is 14.6 Å². The minimum atomic E-state index is -0.935. The van der Waals surface area contributed by atoms with Gasteiger partial charge in [-0.25, -0.2) is 4.79 Å². The molecule has 72 valence electrons. The van der Waals surface area contributed by atoms with E-state index in [1.165, 1.54) is 6.92 Å². The number of carbonyl (C=O) groups is 1. The van der Waals surface area contributed by atoms with Crippen molar-refractivity contribution >= 4 is 5.97 Å². The van der Waals surface area contributed by atoms with Crippen LogP contribution in [-0.2, 0) is 9.53 Å². The molecule has 0 amide bonds. The van der Waals surface area contributed by atoms with Crippen molar-refractivity contribution in [3.05, 3.63) is 12.2 Å². The van der Waals surface area contributed by atoms with E-state index < -0.39 is 5.97 Å². The highest BCUT2D eigenvalue weighted by molar-refractivity contribution is 5.84. The highest BCUT2D eigenvalue weighted by Crippen LogP contribution is 1.81. The average molecular weight is 175 g/mol. The summed E-state index contributed by atoms with van der Waals surface area (Å²) < 4.78 is 4.82. The van der Waals surface area contributed by atoms with Gasteiger partial charge in [0.15, 0.2) is 0 Å². The topological polar surface area (TPSA) is 72.5 Å². The summed E-state index contributed by atoms with van der Waals surface area (Å²) in [4.78, 5) is 9.60.